The Bertz CT molecular complexity index is 1400. The maximum absolute atomic E-state index is 12.6. The number of anilines is 1. The fourth-order valence-corrected chi connectivity index (χ4v) is 4.33. The SMILES string of the molecule is COc1ccc(OC(C)c2nnc(SCC(=O)Nc3cc([N+](=O)[O-])ccc3Cl)n2-c2ccccc2)cc1. The number of ether oxygens (including phenoxy) is 2. The fraction of sp³-hybridized carbons (Fsp3) is 0.160. The summed E-state index contributed by atoms with van der Waals surface area (Å²) in [6.45, 7) is 1.86. The Morgan fingerprint density at radius 3 is 2.49 bits per heavy atom. The van der Waals surface area contributed by atoms with Gasteiger partial charge in [0.25, 0.3) is 5.69 Å². The van der Waals surface area contributed by atoms with Crippen LogP contribution in [0.3, 0.4) is 0 Å². The van der Waals surface area contributed by atoms with Crippen LogP contribution in [0.4, 0.5) is 11.4 Å². The lowest BCUT2D eigenvalue weighted by Crippen LogP contribution is -2.15. The predicted octanol–water partition coefficient (Wildman–Crippen LogP) is 5.71. The maximum Gasteiger partial charge on any atom is 0.271 e. The van der Waals surface area contributed by atoms with Gasteiger partial charge < -0.3 is 14.8 Å². The number of hydrogen-bond acceptors (Lipinski definition) is 8. The van der Waals surface area contributed by atoms with Crippen LogP contribution in [0.5, 0.6) is 11.5 Å². The number of carbonyl (C=O) groups is 1. The third-order valence-corrected chi connectivity index (χ3v) is 6.43. The minimum Gasteiger partial charge on any atom is -0.497 e. The number of amides is 1. The maximum atomic E-state index is 12.6. The molecule has 10 nitrogen and oxygen atoms in total. The zero-order valence-corrected chi connectivity index (χ0v) is 21.4. The molecule has 1 aromatic heterocycles. The van der Waals surface area contributed by atoms with Gasteiger partial charge in [0.15, 0.2) is 17.1 Å². The summed E-state index contributed by atoms with van der Waals surface area (Å²) in [6.07, 6.45) is -0.465. The van der Waals surface area contributed by atoms with Crippen LogP contribution in [0.2, 0.25) is 5.02 Å². The summed E-state index contributed by atoms with van der Waals surface area (Å²) in [4.78, 5) is 23.1. The molecule has 1 unspecified atom stereocenters. The molecule has 4 aromatic rings. The molecule has 0 fully saturated rings. The summed E-state index contributed by atoms with van der Waals surface area (Å²) in [5.41, 5.74) is 0.789. The number of nitrogens with zero attached hydrogens (tertiary/aromatic N) is 4. The first kappa shape index (κ1) is 26.0. The number of para-hydroxylation sites is 1. The molecule has 12 heteroatoms. The lowest BCUT2D eigenvalue weighted by atomic mass is 10.3. The lowest BCUT2D eigenvalue weighted by Gasteiger charge is -2.17. The van der Waals surface area contributed by atoms with Gasteiger partial charge in [0, 0.05) is 17.8 Å². The van der Waals surface area contributed by atoms with Gasteiger partial charge in [0.05, 0.1) is 28.5 Å². The summed E-state index contributed by atoms with van der Waals surface area (Å²) >= 11 is 7.26. The van der Waals surface area contributed by atoms with E-state index in [-0.39, 0.29) is 22.2 Å². The first-order chi connectivity index (χ1) is 17.9. The Morgan fingerprint density at radius 1 is 1.11 bits per heavy atom. The topological polar surface area (TPSA) is 121 Å². The molecule has 4 rings (SSSR count). The molecule has 1 amide bonds. The summed E-state index contributed by atoms with van der Waals surface area (Å²) in [6, 6.07) is 20.5. The van der Waals surface area contributed by atoms with Crippen molar-refractivity contribution in [3.63, 3.8) is 0 Å². The van der Waals surface area contributed by atoms with E-state index in [2.05, 4.69) is 15.5 Å². The largest absolute Gasteiger partial charge is 0.497 e. The van der Waals surface area contributed by atoms with Gasteiger partial charge in [-0.05, 0) is 49.4 Å². The number of aromatic nitrogens is 3. The molecule has 37 heavy (non-hydrogen) atoms. The highest BCUT2D eigenvalue weighted by molar-refractivity contribution is 7.99. The Hall–Kier alpha value is -4.09. The van der Waals surface area contributed by atoms with E-state index in [1.165, 1.54) is 18.2 Å². The van der Waals surface area contributed by atoms with Gasteiger partial charge >= 0.3 is 0 Å². The van der Waals surface area contributed by atoms with Crippen molar-refractivity contribution in [2.45, 2.75) is 18.2 Å². The summed E-state index contributed by atoms with van der Waals surface area (Å²) in [5.74, 6) is 1.47. The van der Waals surface area contributed by atoms with Crippen LogP contribution in [-0.4, -0.2) is 38.5 Å². The fourth-order valence-electron chi connectivity index (χ4n) is 3.41. The number of halogens is 1. The van der Waals surface area contributed by atoms with Crippen molar-refractivity contribution in [1.82, 2.24) is 14.8 Å². The second-order valence-corrected chi connectivity index (χ2v) is 9.06. The van der Waals surface area contributed by atoms with Gasteiger partial charge in [-0.1, -0.05) is 41.6 Å². The van der Waals surface area contributed by atoms with Crippen LogP contribution >= 0.6 is 23.4 Å². The van der Waals surface area contributed by atoms with Crippen molar-refractivity contribution in [1.29, 1.82) is 0 Å². The molecule has 0 aliphatic carbocycles. The van der Waals surface area contributed by atoms with E-state index in [0.29, 0.717) is 16.7 Å². The second-order valence-electron chi connectivity index (χ2n) is 7.71. The molecule has 0 saturated carbocycles. The molecule has 0 spiro atoms. The number of benzene rings is 3. The van der Waals surface area contributed by atoms with Gasteiger partial charge in [0.1, 0.15) is 11.5 Å². The van der Waals surface area contributed by atoms with Crippen LogP contribution in [0.15, 0.2) is 78.0 Å². The van der Waals surface area contributed by atoms with Crippen LogP contribution in [0.1, 0.15) is 18.9 Å². The molecular formula is C25H22ClN5O5S. The lowest BCUT2D eigenvalue weighted by molar-refractivity contribution is -0.384. The number of nitro benzene ring substituents is 1. The highest BCUT2D eigenvalue weighted by Crippen LogP contribution is 2.30. The zero-order valence-electron chi connectivity index (χ0n) is 19.8. The van der Waals surface area contributed by atoms with Gasteiger partial charge in [-0.15, -0.1) is 10.2 Å². The highest BCUT2D eigenvalue weighted by Gasteiger charge is 2.22. The highest BCUT2D eigenvalue weighted by atomic mass is 35.5. The van der Waals surface area contributed by atoms with E-state index < -0.39 is 16.9 Å². The molecule has 190 valence electrons. The average molecular weight is 540 g/mol. The number of methoxy groups -OCH3 is 1. The predicted molar refractivity (Wildman–Crippen MR) is 141 cm³/mol. The number of non-ortho nitro benzene ring substituents is 1. The molecule has 1 atom stereocenters. The minimum absolute atomic E-state index is 0.0301. The van der Waals surface area contributed by atoms with E-state index in [4.69, 9.17) is 21.1 Å². The van der Waals surface area contributed by atoms with Crippen LogP contribution in [0, 0.1) is 10.1 Å². The average Bonchev–Trinajstić information content (AvgIpc) is 3.34. The summed E-state index contributed by atoms with van der Waals surface area (Å²) in [5, 5.41) is 23.0. The van der Waals surface area contributed by atoms with Crippen LogP contribution < -0.4 is 14.8 Å². The number of hydrogen-bond donors (Lipinski definition) is 1. The monoisotopic (exact) mass is 539 g/mol. The van der Waals surface area contributed by atoms with Crippen molar-refractivity contribution in [3.05, 3.63) is 93.8 Å². The Kier molecular flexibility index (Phi) is 8.26. The van der Waals surface area contributed by atoms with Gasteiger partial charge in [-0.3, -0.25) is 19.5 Å². The number of nitrogens with one attached hydrogen (secondary N) is 1. The first-order valence-electron chi connectivity index (χ1n) is 11.0. The van der Waals surface area contributed by atoms with Crippen molar-refractivity contribution in [2.24, 2.45) is 0 Å². The standard InChI is InChI=1S/C25H22ClN5O5S/c1-16(36-20-11-9-19(35-2)10-12-20)24-28-29-25(30(24)17-6-4-3-5-7-17)37-15-23(32)27-22-14-18(31(33)34)8-13-21(22)26/h3-14,16H,15H2,1-2H3,(H,27,32). The quantitative estimate of drug-likeness (QED) is 0.154. The number of thioether (sulfide) groups is 1. The second kappa shape index (κ2) is 11.8. The third kappa shape index (κ3) is 6.38. The third-order valence-electron chi connectivity index (χ3n) is 5.18. The smallest absolute Gasteiger partial charge is 0.271 e. The summed E-state index contributed by atoms with van der Waals surface area (Å²) < 4.78 is 13.1. The number of rotatable bonds is 10. The van der Waals surface area contributed by atoms with Crippen molar-refractivity contribution in [3.8, 4) is 17.2 Å². The van der Waals surface area contributed by atoms with Gasteiger partial charge in [0.2, 0.25) is 5.91 Å². The first-order valence-corrected chi connectivity index (χ1v) is 12.4. The summed E-state index contributed by atoms with van der Waals surface area (Å²) in [7, 11) is 1.60. The molecule has 3 aromatic carbocycles. The van der Waals surface area contributed by atoms with Crippen LogP contribution in [0.25, 0.3) is 5.69 Å². The molecule has 1 N–H and O–H groups in total. The van der Waals surface area contributed by atoms with E-state index in [1.807, 2.05) is 41.8 Å². The molecule has 1 heterocycles. The van der Waals surface area contributed by atoms with Crippen molar-refractivity contribution in [2.75, 3.05) is 18.2 Å². The van der Waals surface area contributed by atoms with Crippen molar-refractivity contribution >= 4 is 40.6 Å². The van der Waals surface area contributed by atoms with Gasteiger partial charge in [-0.25, -0.2) is 0 Å². The van der Waals surface area contributed by atoms with Gasteiger partial charge in [-0.2, -0.15) is 0 Å². The Balaban J connectivity index is 1.53. The molecule has 0 saturated heterocycles. The molecule has 0 aliphatic rings. The zero-order chi connectivity index (χ0) is 26.4. The van der Waals surface area contributed by atoms with Crippen molar-refractivity contribution < 1.29 is 19.2 Å². The number of carbonyl (C=O) groups excluding carboxylic acids is 1. The Labute approximate surface area is 221 Å². The normalized spacial score (nSPS) is 11.5. The molecular weight excluding hydrogens is 518 g/mol. The van der Waals surface area contributed by atoms with E-state index in [9.17, 15) is 14.9 Å². The number of nitro groups is 1. The van der Waals surface area contributed by atoms with Crippen LogP contribution in [-0.2, 0) is 4.79 Å². The minimum atomic E-state index is -0.556. The molecule has 0 radical (unpaired) electrons. The van der Waals surface area contributed by atoms with E-state index in [1.54, 1.807) is 31.4 Å². The molecule has 0 bridgehead atoms. The Morgan fingerprint density at radius 2 is 1.81 bits per heavy atom. The van der Waals surface area contributed by atoms with E-state index in [0.717, 1.165) is 23.2 Å². The molecule has 0 aliphatic heterocycles. The van der Waals surface area contributed by atoms with E-state index >= 15 is 0 Å².